The standard InChI is InChI=1S/C18H28N2O2S/c1-14(2)9-10-23-13-17(21)19-11-15-7-8-18(20-12-15)22-16-5-3-4-6-16/h7-8,12,14,16H,3-6,9-11,13H2,1-2H3,(H,19,21). The SMILES string of the molecule is CC(C)CCSCC(=O)NCc1ccc(OC2CCCC2)nc1. The molecule has 5 heteroatoms. The van der Waals surface area contributed by atoms with Gasteiger partial charge in [-0.05, 0) is 49.3 Å². The van der Waals surface area contributed by atoms with Crippen LogP contribution in [0.25, 0.3) is 0 Å². The van der Waals surface area contributed by atoms with Crippen molar-refractivity contribution < 1.29 is 9.53 Å². The van der Waals surface area contributed by atoms with Gasteiger partial charge in [0.2, 0.25) is 11.8 Å². The lowest BCUT2D eigenvalue weighted by molar-refractivity contribution is -0.118. The average Bonchev–Trinajstić information content (AvgIpc) is 3.04. The third-order valence-electron chi connectivity index (χ3n) is 3.95. The second kappa shape index (κ2) is 9.81. The maximum absolute atomic E-state index is 11.8. The predicted molar refractivity (Wildman–Crippen MR) is 95.7 cm³/mol. The Kier molecular flexibility index (Phi) is 7.72. The number of nitrogens with one attached hydrogen (secondary N) is 1. The highest BCUT2D eigenvalue weighted by Gasteiger charge is 2.16. The van der Waals surface area contributed by atoms with E-state index in [1.807, 2.05) is 12.1 Å². The van der Waals surface area contributed by atoms with Crippen molar-refractivity contribution in [1.82, 2.24) is 10.3 Å². The van der Waals surface area contributed by atoms with Crippen LogP contribution in [0.3, 0.4) is 0 Å². The quantitative estimate of drug-likeness (QED) is 0.697. The number of nitrogens with zero attached hydrogens (tertiary/aromatic N) is 1. The maximum Gasteiger partial charge on any atom is 0.230 e. The van der Waals surface area contributed by atoms with Gasteiger partial charge < -0.3 is 10.1 Å². The van der Waals surface area contributed by atoms with Crippen molar-refractivity contribution >= 4 is 17.7 Å². The zero-order chi connectivity index (χ0) is 16.5. The Morgan fingerprint density at radius 1 is 1.39 bits per heavy atom. The molecule has 0 unspecified atom stereocenters. The van der Waals surface area contributed by atoms with E-state index in [1.165, 1.54) is 12.8 Å². The molecular weight excluding hydrogens is 308 g/mol. The van der Waals surface area contributed by atoms with E-state index >= 15 is 0 Å². The van der Waals surface area contributed by atoms with Crippen LogP contribution in [0, 0.1) is 5.92 Å². The van der Waals surface area contributed by atoms with Crippen LogP contribution in [-0.4, -0.2) is 28.5 Å². The van der Waals surface area contributed by atoms with Crippen LogP contribution >= 0.6 is 11.8 Å². The van der Waals surface area contributed by atoms with Crippen LogP contribution in [0.2, 0.25) is 0 Å². The Morgan fingerprint density at radius 3 is 2.83 bits per heavy atom. The summed E-state index contributed by atoms with van der Waals surface area (Å²) in [7, 11) is 0. The molecular formula is C18H28N2O2S. The molecule has 1 aliphatic rings. The minimum atomic E-state index is 0.0880. The summed E-state index contributed by atoms with van der Waals surface area (Å²) in [5.41, 5.74) is 1.00. The molecule has 1 saturated carbocycles. The van der Waals surface area contributed by atoms with Crippen molar-refractivity contribution in [3.63, 3.8) is 0 Å². The van der Waals surface area contributed by atoms with E-state index < -0.39 is 0 Å². The fourth-order valence-corrected chi connectivity index (χ4v) is 3.57. The number of carbonyl (C=O) groups is 1. The molecule has 23 heavy (non-hydrogen) atoms. The number of hydrogen-bond donors (Lipinski definition) is 1. The maximum atomic E-state index is 11.8. The highest BCUT2D eigenvalue weighted by atomic mass is 32.2. The summed E-state index contributed by atoms with van der Waals surface area (Å²) in [6, 6.07) is 3.88. The second-order valence-electron chi connectivity index (χ2n) is 6.54. The van der Waals surface area contributed by atoms with E-state index in [0.717, 1.165) is 30.6 Å². The Bertz CT molecular complexity index is 470. The van der Waals surface area contributed by atoms with Crippen molar-refractivity contribution in [3.05, 3.63) is 23.9 Å². The molecule has 1 heterocycles. The smallest absolute Gasteiger partial charge is 0.230 e. The first-order valence-electron chi connectivity index (χ1n) is 8.59. The number of carbonyl (C=O) groups excluding carboxylic acids is 1. The van der Waals surface area contributed by atoms with E-state index in [0.29, 0.717) is 30.2 Å². The highest BCUT2D eigenvalue weighted by molar-refractivity contribution is 7.99. The number of rotatable bonds is 9. The normalized spacial score (nSPS) is 15.1. The van der Waals surface area contributed by atoms with Crippen LogP contribution in [0.15, 0.2) is 18.3 Å². The summed E-state index contributed by atoms with van der Waals surface area (Å²) in [6.07, 6.45) is 8.05. The molecule has 4 nitrogen and oxygen atoms in total. The lowest BCUT2D eigenvalue weighted by Crippen LogP contribution is -2.24. The lowest BCUT2D eigenvalue weighted by Gasteiger charge is -2.12. The highest BCUT2D eigenvalue weighted by Crippen LogP contribution is 2.22. The van der Waals surface area contributed by atoms with Gasteiger partial charge >= 0.3 is 0 Å². The lowest BCUT2D eigenvalue weighted by atomic mass is 10.2. The molecule has 0 aromatic carbocycles. The van der Waals surface area contributed by atoms with Crippen molar-refractivity contribution in [1.29, 1.82) is 0 Å². The number of thioether (sulfide) groups is 1. The molecule has 2 rings (SSSR count). The fourth-order valence-electron chi connectivity index (χ4n) is 2.50. The van der Waals surface area contributed by atoms with E-state index in [1.54, 1.807) is 18.0 Å². The molecule has 1 fully saturated rings. The van der Waals surface area contributed by atoms with Gasteiger partial charge in [-0.2, -0.15) is 11.8 Å². The molecule has 1 aromatic rings. The fraction of sp³-hybridized carbons (Fsp3) is 0.667. The molecule has 1 amide bonds. The van der Waals surface area contributed by atoms with Gasteiger partial charge in [0.1, 0.15) is 6.10 Å². The van der Waals surface area contributed by atoms with Crippen molar-refractivity contribution in [2.24, 2.45) is 5.92 Å². The molecule has 0 saturated heterocycles. The molecule has 0 bridgehead atoms. The largest absolute Gasteiger partial charge is 0.474 e. The summed E-state index contributed by atoms with van der Waals surface area (Å²) in [5, 5.41) is 2.94. The zero-order valence-electron chi connectivity index (χ0n) is 14.2. The summed E-state index contributed by atoms with van der Waals surface area (Å²) < 4.78 is 5.84. The van der Waals surface area contributed by atoms with E-state index in [9.17, 15) is 4.79 Å². The van der Waals surface area contributed by atoms with E-state index in [4.69, 9.17) is 4.74 Å². The Morgan fingerprint density at radius 2 is 2.17 bits per heavy atom. The third-order valence-corrected chi connectivity index (χ3v) is 4.94. The molecule has 128 valence electrons. The number of ether oxygens (including phenoxy) is 1. The first kappa shape index (κ1) is 18.1. The average molecular weight is 337 g/mol. The first-order chi connectivity index (χ1) is 11.1. The topological polar surface area (TPSA) is 51.2 Å². The summed E-state index contributed by atoms with van der Waals surface area (Å²) in [5.74, 6) is 3.05. The number of hydrogen-bond acceptors (Lipinski definition) is 4. The summed E-state index contributed by atoms with van der Waals surface area (Å²) in [6.45, 7) is 4.93. The number of aromatic nitrogens is 1. The molecule has 0 atom stereocenters. The molecule has 0 radical (unpaired) electrons. The molecule has 1 N–H and O–H groups in total. The van der Waals surface area contributed by atoms with Gasteiger partial charge in [0.25, 0.3) is 0 Å². The van der Waals surface area contributed by atoms with E-state index in [-0.39, 0.29) is 5.91 Å². The predicted octanol–water partition coefficient (Wildman–Crippen LogP) is 3.80. The molecule has 1 aromatic heterocycles. The minimum absolute atomic E-state index is 0.0880. The van der Waals surface area contributed by atoms with Crippen LogP contribution in [-0.2, 0) is 11.3 Å². The van der Waals surface area contributed by atoms with Gasteiger partial charge in [0.05, 0.1) is 5.75 Å². The van der Waals surface area contributed by atoms with Crippen LogP contribution in [0.1, 0.15) is 51.5 Å². The Hall–Kier alpha value is -1.23. The van der Waals surface area contributed by atoms with Gasteiger partial charge in [-0.3, -0.25) is 4.79 Å². The summed E-state index contributed by atoms with van der Waals surface area (Å²) >= 11 is 1.70. The zero-order valence-corrected chi connectivity index (χ0v) is 15.0. The first-order valence-corrected chi connectivity index (χ1v) is 9.75. The Balaban J connectivity index is 1.64. The van der Waals surface area contributed by atoms with Crippen LogP contribution in [0.5, 0.6) is 5.88 Å². The third kappa shape index (κ3) is 7.25. The van der Waals surface area contributed by atoms with Gasteiger partial charge in [-0.25, -0.2) is 4.98 Å². The van der Waals surface area contributed by atoms with Crippen molar-refractivity contribution in [2.45, 2.75) is 58.6 Å². The molecule has 0 aliphatic heterocycles. The van der Waals surface area contributed by atoms with E-state index in [2.05, 4.69) is 24.1 Å². The van der Waals surface area contributed by atoms with Gasteiger partial charge in [0, 0.05) is 18.8 Å². The number of amides is 1. The van der Waals surface area contributed by atoms with Gasteiger partial charge in [-0.15, -0.1) is 0 Å². The second-order valence-corrected chi connectivity index (χ2v) is 7.65. The summed E-state index contributed by atoms with van der Waals surface area (Å²) in [4.78, 5) is 16.1. The monoisotopic (exact) mass is 336 g/mol. The van der Waals surface area contributed by atoms with Crippen LogP contribution < -0.4 is 10.1 Å². The minimum Gasteiger partial charge on any atom is -0.474 e. The molecule has 0 spiro atoms. The van der Waals surface area contributed by atoms with Crippen molar-refractivity contribution in [3.8, 4) is 5.88 Å². The van der Waals surface area contributed by atoms with Crippen molar-refractivity contribution in [2.75, 3.05) is 11.5 Å². The van der Waals surface area contributed by atoms with Gasteiger partial charge in [0.15, 0.2) is 0 Å². The Labute approximate surface area is 143 Å². The molecule has 1 aliphatic carbocycles. The van der Waals surface area contributed by atoms with Crippen LogP contribution in [0.4, 0.5) is 0 Å². The van der Waals surface area contributed by atoms with Gasteiger partial charge in [-0.1, -0.05) is 19.9 Å². The number of pyridine rings is 1.